The lowest BCUT2D eigenvalue weighted by Gasteiger charge is -2.28. The first-order chi connectivity index (χ1) is 28.0. The van der Waals surface area contributed by atoms with E-state index in [2.05, 4.69) is 20.6 Å². The third-order valence-electron chi connectivity index (χ3n) is 10.4. The molecule has 8 rings (SSSR count). The number of hydrogen-bond acceptors (Lipinski definition) is 10. The van der Waals surface area contributed by atoms with Crippen molar-refractivity contribution in [2.24, 2.45) is 0 Å². The molecule has 2 fully saturated rings. The minimum absolute atomic E-state index is 0.330. The van der Waals surface area contributed by atoms with Gasteiger partial charge in [0.25, 0.3) is 11.8 Å². The van der Waals surface area contributed by atoms with E-state index in [9.17, 15) is 29.4 Å². The fraction of sp³-hybridized carbons (Fsp3) is 0.300. The molecule has 2 unspecified atom stereocenters. The largest absolute Gasteiger partial charge is 0.465 e. The van der Waals surface area contributed by atoms with Crippen LogP contribution in [0.15, 0.2) is 73.1 Å². The van der Waals surface area contributed by atoms with E-state index < -0.39 is 24.3 Å². The third-order valence-corrected chi connectivity index (χ3v) is 12.9. The quantitative estimate of drug-likeness (QED) is 0.0785. The zero-order valence-electron chi connectivity index (χ0n) is 31.5. The van der Waals surface area contributed by atoms with Gasteiger partial charge in [0.1, 0.15) is 35.1 Å². The molecular formula is C40H40N10O6S2. The Morgan fingerprint density at radius 3 is 1.43 bits per heavy atom. The predicted molar refractivity (Wildman–Crippen MR) is 216 cm³/mol. The summed E-state index contributed by atoms with van der Waals surface area (Å²) in [4.78, 5) is 82.2. The van der Waals surface area contributed by atoms with Crippen LogP contribution in [0.1, 0.15) is 84.0 Å². The molecule has 0 aliphatic carbocycles. The molecule has 2 saturated heterocycles. The number of aromatic amines is 2. The number of nitrogens with zero attached hydrogens (tertiary/aromatic N) is 6. The van der Waals surface area contributed by atoms with Crippen molar-refractivity contribution in [1.29, 1.82) is 0 Å². The van der Waals surface area contributed by atoms with Gasteiger partial charge in [-0.2, -0.15) is 0 Å². The molecule has 2 aliphatic heterocycles. The number of benzene rings is 2. The lowest BCUT2D eigenvalue weighted by atomic mass is 10.1. The van der Waals surface area contributed by atoms with Crippen molar-refractivity contribution in [3.05, 3.63) is 107 Å². The highest BCUT2D eigenvalue weighted by Crippen LogP contribution is 2.42. The van der Waals surface area contributed by atoms with Crippen molar-refractivity contribution in [3.8, 4) is 31.2 Å². The van der Waals surface area contributed by atoms with Crippen molar-refractivity contribution in [2.45, 2.75) is 63.7 Å². The molecule has 4 aromatic heterocycles. The van der Waals surface area contributed by atoms with Crippen molar-refractivity contribution < 1.29 is 29.4 Å². The molecule has 298 valence electrons. The molecule has 4 amide bonds. The minimum atomic E-state index is -1.28. The summed E-state index contributed by atoms with van der Waals surface area (Å²) in [5, 5.41) is 25.3. The SMILES string of the molecule is Cc1nc(-c2nc(C)c(-c3c[nH]c([C@@H]4CCCN4C(=O)[C@H](NC(=O)O)c4ccccc4)n3)s2)sc1-c1c[nH]c(C2CCCN2C(=O)C(NC(=O)O)c2ccccc2)n1. The minimum Gasteiger partial charge on any atom is -0.465 e. The summed E-state index contributed by atoms with van der Waals surface area (Å²) in [6, 6.07) is 14.9. The molecule has 16 nitrogen and oxygen atoms in total. The molecule has 0 radical (unpaired) electrons. The van der Waals surface area contributed by atoms with Crippen LogP contribution in [0.4, 0.5) is 9.59 Å². The first kappa shape index (κ1) is 38.5. The standard InChI is InChI=1S/C40H40N10O6S2/c1-21-31(25-19-41-33(45-25)27-15-9-17-49(27)37(51)29(47-39(53)54)23-11-5-3-6-12-23)57-35(43-21)36-44-22(2)32(58-36)26-20-42-34(46-26)28-16-10-18-50(28)38(52)30(48-40(55)56)24-13-7-4-8-14-24/h3-8,11-14,19-20,27-30,47-48H,9-10,15-18H2,1-2H3,(H,41,45)(H,42,46)(H,53,54)(H,55,56)/t27-,28?,29+,30?/m0/s1. The molecule has 0 bridgehead atoms. The first-order valence-corrected chi connectivity index (χ1v) is 20.5. The number of H-pyrrole nitrogens is 2. The molecule has 18 heteroatoms. The van der Waals surface area contributed by atoms with Gasteiger partial charge in [-0.05, 0) is 50.7 Å². The number of carbonyl (C=O) groups excluding carboxylic acids is 2. The fourth-order valence-corrected chi connectivity index (χ4v) is 9.85. The summed E-state index contributed by atoms with van der Waals surface area (Å²) in [5.41, 5.74) is 4.07. The predicted octanol–water partition coefficient (Wildman–Crippen LogP) is 7.01. The summed E-state index contributed by atoms with van der Waals surface area (Å²) in [6.45, 7) is 4.79. The summed E-state index contributed by atoms with van der Waals surface area (Å²) in [6.07, 6.45) is 3.94. The van der Waals surface area contributed by atoms with Crippen molar-refractivity contribution in [1.82, 2.24) is 50.3 Å². The van der Waals surface area contributed by atoms with Gasteiger partial charge in [-0.3, -0.25) is 9.59 Å². The molecule has 2 aliphatic rings. The van der Waals surface area contributed by atoms with E-state index in [4.69, 9.17) is 19.9 Å². The van der Waals surface area contributed by atoms with Gasteiger partial charge in [-0.1, -0.05) is 60.7 Å². The Morgan fingerprint density at radius 2 is 1.05 bits per heavy atom. The topological polar surface area (TPSA) is 222 Å². The first-order valence-electron chi connectivity index (χ1n) is 18.8. The van der Waals surface area contributed by atoms with Crippen LogP contribution < -0.4 is 10.6 Å². The Balaban J connectivity index is 0.991. The van der Waals surface area contributed by atoms with Gasteiger partial charge in [-0.25, -0.2) is 29.5 Å². The maximum atomic E-state index is 13.8. The second-order valence-corrected chi connectivity index (χ2v) is 16.2. The van der Waals surface area contributed by atoms with E-state index in [1.807, 2.05) is 38.4 Å². The molecule has 0 spiro atoms. The maximum Gasteiger partial charge on any atom is 0.405 e. The number of thiazole rings is 2. The van der Waals surface area contributed by atoms with Crippen molar-refractivity contribution in [3.63, 3.8) is 0 Å². The average molecular weight is 821 g/mol. The van der Waals surface area contributed by atoms with Gasteiger partial charge in [0.15, 0.2) is 10.0 Å². The number of carboxylic acid groups (broad SMARTS) is 2. The summed E-state index contributed by atoms with van der Waals surface area (Å²) >= 11 is 2.93. The molecule has 58 heavy (non-hydrogen) atoms. The third kappa shape index (κ3) is 7.67. The number of amides is 4. The molecule has 6 aromatic rings. The monoisotopic (exact) mass is 820 g/mol. The van der Waals surface area contributed by atoms with Gasteiger partial charge in [0.2, 0.25) is 0 Å². The summed E-state index contributed by atoms with van der Waals surface area (Å²) in [5.74, 6) is 0.580. The van der Waals surface area contributed by atoms with Crippen LogP contribution in [-0.2, 0) is 9.59 Å². The number of rotatable bonds is 11. The van der Waals surface area contributed by atoms with Gasteiger partial charge >= 0.3 is 12.2 Å². The zero-order valence-corrected chi connectivity index (χ0v) is 33.1. The van der Waals surface area contributed by atoms with Gasteiger partial charge in [0, 0.05) is 25.5 Å². The highest BCUT2D eigenvalue weighted by atomic mass is 32.1. The van der Waals surface area contributed by atoms with Crippen LogP contribution in [0, 0.1) is 13.8 Å². The fourth-order valence-electron chi connectivity index (χ4n) is 7.77. The molecule has 4 atom stereocenters. The molecule has 2 aromatic carbocycles. The average Bonchev–Trinajstić information content (AvgIpc) is 4.07. The second-order valence-electron chi connectivity index (χ2n) is 14.2. The highest BCUT2D eigenvalue weighted by Gasteiger charge is 2.38. The maximum absolute atomic E-state index is 13.8. The van der Waals surface area contributed by atoms with Crippen molar-refractivity contribution >= 4 is 46.7 Å². The number of aryl methyl sites for hydroxylation is 2. The summed E-state index contributed by atoms with van der Waals surface area (Å²) < 4.78 is 0. The van der Waals surface area contributed by atoms with Crippen LogP contribution in [0.5, 0.6) is 0 Å². The lowest BCUT2D eigenvalue weighted by molar-refractivity contribution is -0.135. The summed E-state index contributed by atoms with van der Waals surface area (Å²) in [7, 11) is 0. The van der Waals surface area contributed by atoms with E-state index in [0.717, 1.165) is 44.0 Å². The molecular weight excluding hydrogens is 781 g/mol. The number of imidazole rings is 2. The number of likely N-dealkylation sites (tertiary alicyclic amines) is 2. The Morgan fingerprint density at radius 1 is 0.655 bits per heavy atom. The van der Waals surface area contributed by atoms with Crippen LogP contribution in [0.25, 0.3) is 31.2 Å². The van der Waals surface area contributed by atoms with Gasteiger partial charge in [-0.15, -0.1) is 22.7 Å². The van der Waals surface area contributed by atoms with E-state index in [1.165, 1.54) is 22.7 Å². The number of hydrogen-bond donors (Lipinski definition) is 6. The van der Waals surface area contributed by atoms with E-state index in [0.29, 0.717) is 60.1 Å². The highest BCUT2D eigenvalue weighted by molar-refractivity contribution is 7.24. The molecule has 6 N–H and O–H groups in total. The van der Waals surface area contributed by atoms with Gasteiger partial charge < -0.3 is 40.6 Å². The number of aromatic nitrogens is 6. The van der Waals surface area contributed by atoms with E-state index in [-0.39, 0.29) is 23.9 Å². The van der Waals surface area contributed by atoms with E-state index >= 15 is 0 Å². The Bertz CT molecular complexity index is 2290. The Hall–Kier alpha value is -6.40. The normalized spacial score (nSPS) is 17.6. The smallest absolute Gasteiger partial charge is 0.405 e. The Kier molecular flexibility index (Phi) is 10.8. The molecule has 6 heterocycles. The lowest BCUT2D eigenvalue weighted by Crippen LogP contribution is -2.42. The second kappa shape index (κ2) is 16.2. The number of nitrogens with one attached hydrogen (secondary N) is 4. The van der Waals surface area contributed by atoms with Crippen LogP contribution >= 0.6 is 22.7 Å². The zero-order chi connectivity index (χ0) is 40.5. The number of carbonyl (C=O) groups is 4. The molecule has 0 saturated carbocycles. The van der Waals surface area contributed by atoms with Crippen LogP contribution in [0.2, 0.25) is 0 Å². The van der Waals surface area contributed by atoms with E-state index in [1.54, 1.807) is 58.3 Å². The van der Waals surface area contributed by atoms with Crippen molar-refractivity contribution in [2.75, 3.05) is 13.1 Å². The van der Waals surface area contributed by atoms with Crippen LogP contribution in [0.3, 0.4) is 0 Å². The van der Waals surface area contributed by atoms with Crippen LogP contribution in [-0.4, -0.2) is 87.0 Å². The van der Waals surface area contributed by atoms with Gasteiger partial charge in [0.05, 0.1) is 33.2 Å². The Labute approximate surface area is 340 Å².